The Kier molecular flexibility index (Phi) is 4.41. The highest BCUT2D eigenvalue weighted by atomic mass is 79.9. The number of H-pyrrole nitrogens is 1. The molecule has 1 aliphatic rings. The molecule has 0 aliphatic carbocycles. The van der Waals surface area contributed by atoms with Crippen molar-refractivity contribution in [2.24, 2.45) is 0 Å². The number of nitrogens with one attached hydrogen (secondary N) is 1. The van der Waals surface area contributed by atoms with Crippen LogP contribution in [-0.2, 0) is 4.74 Å². The van der Waals surface area contributed by atoms with Crippen molar-refractivity contribution in [1.29, 1.82) is 0 Å². The molecular weight excluding hydrogens is 362 g/mol. The number of anilines is 1. The van der Waals surface area contributed by atoms with Crippen LogP contribution in [0.4, 0.5) is 5.82 Å². The normalized spacial score (nSPS) is 21.4. The van der Waals surface area contributed by atoms with E-state index in [0.717, 1.165) is 9.04 Å². The van der Waals surface area contributed by atoms with Crippen molar-refractivity contribution in [1.82, 2.24) is 9.55 Å². The Hall–Kier alpha value is -1.86. The molecule has 1 N–H and O–H groups in total. The van der Waals surface area contributed by atoms with Crippen LogP contribution in [0, 0.1) is 0 Å². The van der Waals surface area contributed by atoms with Gasteiger partial charge in [0.1, 0.15) is 5.82 Å². The van der Waals surface area contributed by atoms with Gasteiger partial charge in [-0.3, -0.25) is 9.78 Å². The Morgan fingerprint density at radius 3 is 2.48 bits per heavy atom. The van der Waals surface area contributed by atoms with Crippen molar-refractivity contribution in [3.05, 3.63) is 55.6 Å². The van der Waals surface area contributed by atoms with Crippen LogP contribution < -0.4 is 16.1 Å². The Morgan fingerprint density at radius 2 is 1.87 bits per heavy atom. The second-order valence-electron chi connectivity index (χ2n) is 5.78. The molecular formula is C16H18BrN3O3. The number of morpholine rings is 1. The highest BCUT2D eigenvalue weighted by molar-refractivity contribution is 9.10. The molecule has 0 radical (unpaired) electrons. The van der Waals surface area contributed by atoms with Gasteiger partial charge in [-0.25, -0.2) is 9.36 Å². The Morgan fingerprint density at radius 1 is 1.17 bits per heavy atom. The van der Waals surface area contributed by atoms with Gasteiger partial charge in [-0.15, -0.1) is 0 Å². The lowest BCUT2D eigenvalue weighted by atomic mass is 10.2. The molecule has 0 unspecified atom stereocenters. The van der Waals surface area contributed by atoms with Crippen molar-refractivity contribution in [3.63, 3.8) is 0 Å². The Balaban J connectivity index is 2.01. The number of halogens is 1. The fourth-order valence-electron chi connectivity index (χ4n) is 2.89. The summed E-state index contributed by atoms with van der Waals surface area (Å²) in [5.41, 5.74) is -0.271. The van der Waals surface area contributed by atoms with Crippen LogP contribution in [-0.4, -0.2) is 34.8 Å². The monoisotopic (exact) mass is 379 g/mol. The quantitative estimate of drug-likeness (QED) is 0.865. The summed E-state index contributed by atoms with van der Waals surface area (Å²) in [5, 5.41) is 0. The van der Waals surface area contributed by atoms with Gasteiger partial charge in [-0.05, 0) is 32.0 Å². The zero-order chi connectivity index (χ0) is 16.6. The lowest BCUT2D eigenvalue weighted by Gasteiger charge is -2.36. The van der Waals surface area contributed by atoms with Crippen LogP contribution >= 0.6 is 15.9 Å². The predicted molar refractivity (Wildman–Crippen MR) is 92.6 cm³/mol. The number of nitrogens with zero attached hydrogens (tertiary/aromatic N) is 2. The van der Waals surface area contributed by atoms with Gasteiger partial charge in [0.2, 0.25) is 0 Å². The first-order chi connectivity index (χ1) is 10.9. The van der Waals surface area contributed by atoms with E-state index in [1.807, 2.05) is 24.8 Å². The van der Waals surface area contributed by atoms with E-state index in [1.54, 1.807) is 18.2 Å². The molecule has 2 atom stereocenters. The number of aromatic amines is 1. The van der Waals surface area contributed by atoms with Crippen molar-refractivity contribution < 1.29 is 4.74 Å². The minimum absolute atomic E-state index is 0.0507. The fraction of sp³-hybridized carbons (Fsp3) is 0.375. The molecule has 0 amide bonds. The zero-order valence-corrected chi connectivity index (χ0v) is 14.5. The van der Waals surface area contributed by atoms with Gasteiger partial charge in [0, 0.05) is 23.6 Å². The lowest BCUT2D eigenvalue weighted by molar-refractivity contribution is -0.00549. The topological polar surface area (TPSA) is 67.3 Å². The average Bonchev–Trinajstić information content (AvgIpc) is 2.45. The molecule has 1 saturated heterocycles. The van der Waals surface area contributed by atoms with Crippen molar-refractivity contribution in [2.75, 3.05) is 18.0 Å². The highest BCUT2D eigenvalue weighted by Gasteiger charge is 2.23. The molecule has 7 heteroatoms. The summed E-state index contributed by atoms with van der Waals surface area (Å²) in [6, 6.07) is 8.54. The zero-order valence-electron chi connectivity index (χ0n) is 13.0. The third-order valence-corrected chi connectivity index (χ3v) is 4.24. The molecule has 0 saturated carbocycles. The number of ether oxygens (including phenoxy) is 1. The van der Waals surface area contributed by atoms with E-state index in [1.165, 1.54) is 6.07 Å². The lowest BCUT2D eigenvalue weighted by Crippen LogP contribution is -2.47. The first kappa shape index (κ1) is 16.0. The average molecular weight is 380 g/mol. The second-order valence-corrected chi connectivity index (χ2v) is 6.69. The van der Waals surface area contributed by atoms with E-state index in [9.17, 15) is 9.59 Å². The van der Waals surface area contributed by atoms with Crippen LogP contribution in [0.1, 0.15) is 13.8 Å². The largest absolute Gasteiger partial charge is 0.372 e. The van der Waals surface area contributed by atoms with E-state index < -0.39 is 5.69 Å². The van der Waals surface area contributed by atoms with Gasteiger partial charge in [0.05, 0.1) is 17.9 Å². The molecule has 6 nitrogen and oxygen atoms in total. The molecule has 23 heavy (non-hydrogen) atoms. The van der Waals surface area contributed by atoms with E-state index >= 15 is 0 Å². The van der Waals surface area contributed by atoms with E-state index in [0.29, 0.717) is 24.6 Å². The summed E-state index contributed by atoms with van der Waals surface area (Å²) in [6.45, 7) is 5.23. The van der Waals surface area contributed by atoms with Gasteiger partial charge in [-0.2, -0.15) is 0 Å². The Labute approximate surface area is 141 Å². The van der Waals surface area contributed by atoms with Gasteiger partial charge >= 0.3 is 5.69 Å². The van der Waals surface area contributed by atoms with E-state index in [2.05, 4.69) is 20.9 Å². The van der Waals surface area contributed by atoms with Crippen molar-refractivity contribution >= 4 is 21.7 Å². The third kappa shape index (κ3) is 3.40. The molecule has 1 fully saturated rings. The van der Waals surface area contributed by atoms with Crippen molar-refractivity contribution in [2.45, 2.75) is 26.1 Å². The smallest absolute Gasteiger partial charge is 0.334 e. The summed E-state index contributed by atoms with van der Waals surface area (Å²) in [6.07, 6.45) is 0.101. The molecule has 1 aliphatic heterocycles. The summed E-state index contributed by atoms with van der Waals surface area (Å²) >= 11 is 3.35. The highest BCUT2D eigenvalue weighted by Crippen LogP contribution is 2.17. The van der Waals surface area contributed by atoms with Crippen LogP contribution in [0.25, 0.3) is 5.69 Å². The van der Waals surface area contributed by atoms with E-state index in [4.69, 9.17) is 4.74 Å². The van der Waals surface area contributed by atoms with E-state index in [-0.39, 0.29) is 17.8 Å². The van der Waals surface area contributed by atoms with Gasteiger partial charge in [-0.1, -0.05) is 22.0 Å². The first-order valence-electron chi connectivity index (χ1n) is 7.47. The number of benzene rings is 1. The van der Waals surface area contributed by atoms with Crippen molar-refractivity contribution in [3.8, 4) is 5.69 Å². The maximum atomic E-state index is 12.4. The minimum Gasteiger partial charge on any atom is -0.372 e. The molecule has 1 aromatic heterocycles. The van der Waals surface area contributed by atoms with Crippen LogP contribution in [0.15, 0.2) is 44.4 Å². The summed E-state index contributed by atoms with van der Waals surface area (Å²) < 4.78 is 7.62. The SMILES string of the molecule is C[C@@H]1CN(c2cc(=O)n(-c3cccc(Br)c3)c(=O)[nH]2)C[C@@H](C)O1. The number of hydrogen-bond donors (Lipinski definition) is 1. The molecule has 2 heterocycles. The summed E-state index contributed by atoms with van der Waals surface area (Å²) in [7, 11) is 0. The van der Waals surface area contributed by atoms with Gasteiger partial charge in [0.25, 0.3) is 5.56 Å². The Bertz CT molecular complexity index is 789. The minimum atomic E-state index is -0.447. The molecule has 0 bridgehead atoms. The maximum absolute atomic E-state index is 12.4. The standard InChI is InChI=1S/C16H18BrN3O3/c1-10-8-19(9-11(2)23-10)14-7-15(21)20(16(22)18-14)13-5-3-4-12(17)6-13/h3-7,10-11H,8-9H2,1-2H3,(H,18,22)/t10-,11-/m1/s1. The first-order valence-corrected chi connectivity index (χ1v) is 8.26. The summed E-state index contributed by atoms with van der Waals surface area (Å²) in [5.74, 6) is 0.535. The number of rotatable bonds is 2. The molecule has 122 valence electrons. The molecule has 0 spiro atoms. The van der Waals surface area contributed by atoms with Gasteiger partial charge < -0.3 is 9.64 Å². The third-order valence-electron chi connectivity index (χ3n) is 3.75. The molecule has 2 aromatic rings. The summed E-state index contributed by atoms with van der Waals surface area (Å²) in [4.78, 5) is 29.6. The predicted octanol–water partition coefficient (Wildman–Crippen LogP) is 1.90. The molecule has 3 rings (SSSR count). The maximum Gasteiger partial charge on any atom is 0.334 e. The van der Waals surface area contributed by atoms with Gasteiger partial charge in [0.15, 0.2) is 0 Å². The number of aromatic nitrogens is 2. The fourth-order valence-corrected chi connectivity index (χ4v) is 3.27. The van der Waals surface area contributed by atoms with Crippen LogP contribution in [0.5, 0.6) is 0 Å². The number of hydrogen-bond acceptors (Lipinski definition) is 4. The molecule has 1 aromatic carbocycles. The van der Waals surface area contributed by atoms with Crippen LogP contribution in [0.2, 0.25) is 0 Å². The second kappa shape index (κ2) is 6.33. The van der Waals surface area contributed by atoms with Crippen LogP contribution in [0.3, 0.4) is 0 Å².